The maximum atomic E-state index is 9.48. The molecule has 0 aliphatic heterocycles. The minimum atomic E-state index is -0.0769. The van der Waals surface area contributed by atoms with Gasteiger partial charge in [0.05, 0.1) is 6.61 Å². The van der Waals surface area contributed by atoms with Crippen LogP contribution in [-0.4, -0.2) is 44.2 Å². The van der Waals surface area contributed by atoms with Crippen molar-refractivity contribution < 1.29 is 5.11 Å². The summed E-state index contributed by atoms with van der Waals surface area (Å²) in [7, 11) is 0. The Morgan fingerprint density at radius 2 is 2.62 bits per heavy atom. The number of nitrogens with zero attached hydrogens (tertiary/aromatic N) is 2. The van der Waals surface area contributed by atoms with Crippen molar-refractivity contribution in [2.75, 3.05) is 13.2 Å². The predicted octanol–water partition coefficient (Wildman–Crippen LogP) is 0.790. The van der Waals surface area contributed by atoms with Gasteiger partial charge < -0.3 is 10.4 Å². The van der Waals surface area contributed by atoms with E-state index in [1.807, 2.05) is 0 Å². The zero-order valence-corrected chi connectivity index (χ0v) is 10.3. The highest BCUT2D eigenvalue weighted by Crippen LogP contribution is 2.38. The summed E-state index contributed by atoms with van der Waals surface area (Å²) in [5, 5.41) is 21.0. The largest absolute Gasteiger partial charge is 0.394 e. The van der Waals surface area contributed by atoms with Crippen LogP contribution in [0, 0.1) is 0 Å². The Bertz CT molecular complexity index is 319. The molecule has 1 aliphatic rings. The zero-order chi connectivity index (χ0) is 11.4. The topological polar surface area (TPSA) is 73.8 Å². The molecule has 3 N–H and O–H groups in total. The van der Waals surface area contributed by atoms with E-state index in [-0.39, 0.29) is 12.1 Å². The Hall–Kier alpha value is -0.590. The summed E-state index contributed by atoms with van der Waals surface area (Å²) in [4.78, 5) is 4.11. The summed E-state index contributed by atoms with van der Waals surface area (Å²) < 4.78 is 0. The molecule has 16 heavy (non-hydrogen) atoms. The van der Waals surface area contributed by atoms with Crippen molar-refractivity contribution in [3.05, 3.63) is 6.33 Å². The third-order valence-corrected chi connectivity index (χ3v) is 4.24. The van der Waals surface area contributed by atoms with Gasteiger partial charge in [-0.1, -0.05) is 18.7 Å². The molecule has 90 valence electrons. The number of hydrogen-bond donors (Lipinski definition) is 3. The van der Waals surface area contributed by atoms with Crippen LogP contribution in [-0.2, 0) is 0 Å². The molecule has 1 aromatic heterocycles. The summed E-state index contributed by atoms with van der Waals surface area (Å²) in [6, 6.07) is 0. The summed E-state index contributed by atoms with van der Waals surface area (Å²) in [6.07, 6.45) is 4.66. The summed E-state index contributed by atoms with van der Waals surface area (Å²) in [5.41, 5.74) is -0.0769. The Kier molecular flexibility index (Phi) is 3.83. The van der Waals surface area contributed by atoms with Crippen molar-refractivity contribution in [1.29, 1.82) is 0 Å². The second-order valence-corrected chi connectivity index (χ2v) is 5.53. The molecule has 0 radical (unpaired) electrons. The molecule has 0 spiro atoms. The van der Waals surface area contributed by atoms with Crippen LogP contribution in [0.25, 0.3) is 0 Å². The molecule has 0 amide bonds. The Morgan fingerprint density at radius 3 is 3.25 bits per heavy atom. The SMILES string of the molecule is CCNC1(CO)CCC(Sc2ncn[nH]2)C1. The molecule has 1 heterocycles. The van der Waals surface area contributed by atoms with Crippen LogP contribution in [0.2, 0.25) is 0 Å². The predicted molar refractivity (Wildman–Crippen MR) is 63.4 cm³/mol. The first kappa shape index (κ1) is 11.9. The van der Waals surface area contributed by atoms with Gasteiger partial charge in [-0.3, -0.25) is 5.10 Å². The van der Waals surface area contributed by atoms with Crippen molar-refractivity contribution in [1.82, 2.24) is 20.5 Å². The molecule has 1 aliphatic carbocycles. The van der Waals surface area contributed by atoms with Gasteiger partial charge in [-0.25, -0.2) is 4.98 Å². The van der Waals surface area contributed by atoms with Gasteiger partial charge in [0.25, 0.3) is 0 Å². The molecular weight excluding hydrogens is 224 g/mol. The molecule has 2 rings (SSSR count). The zero-order valence-electron chi connectivity index (χ0n) is 9.44. The van der Waals surface area contributed by atoms with Gasteiger partial charge in [0, 0.05) is 10.8 Å². The lowest BCUT2D eigenvalue weighted by Crippen LogP contribution is -2.46. The van der Waals surface area contributed by atoms with Crippen molar-refractivity contribution in [2.24, 2.45) is 0 Å². The molecule has 1 aromatic rings. The average molecular weight is 242 g/mol. The fourth-order valence-electron chi connectivity index (χ4n) is 2.32. The molecule has 0 saturated heterocycles. The van der Waals surface area contributed by atoms with E-state index < -0.39 is 0 Å². The van der Waals surface area contributed by atoms with Crippen molar-refractivity contribution in [3.63, 3.8) is 0 Å². The van der Waals surface area contributed by atoms with Crippen LogP contribution in [0.5, 0.6) is 0 Å². The van der Waals surface area contributed by atoms with E-state index in [0.29, 0.717) is 5.25 Å². The van der Waals surface area contributed by atoms with E-state index in [1.54, 1.807) is 11.8 Å². The molecule has 2 atom stereocenters. The number of rotatable bonds is 5. The van der Waals surface area contributed by atoms with Crippen LogP contribution in [0.3, 0.4) is 0 Å². The second kappa shape index (κ2) is 5.16. The number of aliphatic hydroxyl groups excluding tert-OH is 1. The van der Waals surface area contributed by atoms with Gasteiger partial charge >= 0.3 is 0 Å². The minimum absolute atomic E-state index is 0.0769. The Balaban J connectivity index is 1.91. The third-order valence-electron chi connectivity index (χ3n) is 3.09. The van der Waals surface area contributed by atoms with Gasteiger partial charge in [-0.05, 0) is 25.8 Å². The highest BCUT2D eigenvalue weighted by atomic mass is 32.2. The first-order chi connectivity index (χ1) is 7.78. The molecule has 5 nitrogen and oxygen atoms in total. The Morgan fingerprint density at radius 1 is 1.75 bits per heavy atom. The van der Waals surface area contributed by atoms with Crippen LogP contribution in [0.1, 0.15) is 26.2 Å². The summed E-state index contributed by atoms with van der Waals surface area (Å²) in [6.45, 7) is 3.20. The number of H-pyrrole nitrogens is 1. The maximum absolute atomic E-state index is 9.48. The normalized spacial score (nSPS) is 29.8. The number of likely N-dealkylation sites (N-methyl/N-ethyl adjacent to an activating group) is 1. The van der Waals surface area contributed by atoms with Crippen molar-refractivity contribution >= 4 is 11.8 Å². The first-order valence-electron chi connectivity index (χ1n) is 5.66. The minimum Gasteiger partial charge on any atom is -0.394 e. The van der Waals surface area contributed by atoms with E-state index in [2.05, 4.69) is 27.4 Å². The van der Waals surface area contributed by atoms with E-state index in [0.717, 1.165) is 31.0 Å². The fraction of sp³-hybridized carbons (Fsp3) is 0.800. The van der Waals surface area contributed by atoms with Gasteiger partial charge in [0.1, 0.15) is 6.33 Å². The summed E-state index contributed by atoms with van der Waals surface area (Å²) >= 11 is 1.72. The lowest BCUT2D eigenvalue weighted by Gasteiger charge is -2.27. The summed E-state index contributed by atoms with van der Waals surface area (Å²) in [5.74, 6) is 0. The smallest absolute Gasteiger partial charge is 0.183 e. The van der Waals surface area contributed by atoms with Gasteiger partial charge in [0.15, 0.2) is 5.16 Å². The molecule has 2 unspecified atom stereocenters. The Labute approximate surface area is 99.4 Å². The third kappa shape index (κ3) is 2.56. The van der Waals surface area contributed by atoms with Crippen molar-refractivity contribution in [3.8, 4) is 0 Å². The molecule has 0 aromatic carbocycles. The van der Waals surface area contributed by atoms with Crippen LogP contribution in [0.4, 0.5) is 0 Å². The maximum Gasteiger partial charge on any atom is 0.183 e. The average Bonchev–Trinajstić information content (AvgIpc) is 2.90. The van der Waals surface area contributed by atoms with Crippen LogP contribution < -0.4 is 5.32 Å². The highest BCUT2D eigenvalue weighted by molar-refractivity contribution is 7.99. The number of nitrogens with one attached hydrogen (secondary N) is 2. The quantitative estimate of drug-likeness (QED) is 0.712. The van der Waals surface area contributed by atoms with Gasteiger partial charge in [-0.15, -0.1) is 0 Å². The molecular formula is C10H18N4OS. The monoisotopic (exact) mass is 242 g/mol. The highest BCUT2D eigenvalue weighted by Gasteiger charge is 2.38. The van der Waals surface area contributed by atoms with Gasteiger partial charge in [0.2, 0.25) is 0 Å². The lowest BCUT2D eigenvalue weighted by atomic mass is 9.99. The van der Waals surface area contributed by atoms with E-state index in [9.17, 15) is 5.11 Å². The number of aromatic nitrogens is 3. The number of thioether (sulfide) groups is 1. The molecule has 6 heteroatoms. The first-order valence-corrected chi connectivity index (χ1v) is 6.54. The van der Waals surface area contributed by atoms with Crippen LogP contribution >= 0.6 is 11.8 Å². The van der Waals surface area contributed by atoms with E-state index >= 15 is 0 Å². The number of aliphatic hydroxyl groups is 1. The molecule has 1 saturated carbocycles. The lowest BCUT2D eigenvalue weighted by molar-refractivity contribution is 0.167. The number of aromatic amines is 1. The van der Waals surface area contributed by atoms with Crippen molar-refractivity contribution in [2.45, 2.75) is 42.1 Å². The fourth-order valence-corrected chi connectivity index (χ4v) is 3.49. The van der Waals surface area contributed by atoms with E-state index in [4.69, 9.17) is 0 Å². The molecule has 0 bridgehead atoms. The molecule has 1 fully saturated rings. The second-order valence-electron chi connectivity index (χ2n) is 4.24. The van der Waals surface area contributed by atoms with Crippen LogP contribution in [0.15, 0.2) is 11.5 Å². The number of hydrogen-bond acceptors (Lipinski definition) is 5. The standard InChI is InChI=1S/C10H18N4OS/c1-2-12-10(6-15)4-3-8(5-10)16-9-11-7-13-14-9/h7-8,12,15H,2-6H2,1H3,(H,11,13,14). The van der Waals surface area contributed by atoms with Gasteiger partial charge in [-0.2, -0.15) is 5.10 Å². The van der Waals surface area contributed by atoms with E-state index in [1.165, 1.54) is 6.33 Å².